The molecule has 3 heteroatoms. The standard InChI is InChI=1S/C25H35NO2/c1-5-25(4,16-18-26-23(27)20-21-12-8-6-9-13-21)28-19-17-24(2,3)22-14-10-7-11-15-22/h6-15H,5,16-20H2,1-4H3,(H,26,27). The maximum absolute atomic E-state index is 12.1. The quantitative estimate of drug-likeness (QED) is 0.574. The first kappa shape index (κ1) is 22.2. The number of rotatable bonds is 11. The van der Waals surface area contributed by atoms with Crippen LogP contribution in [0.1, 0.15) is 58.1 Å². The van der Waals surface area contributed by atoms with Crippen molar-refractivity contribution in [3.05, 3.63) is 71.8 Å². The van der Waals surface area contributed by atoms with Gasteiger partial charge in [-0.1, -0.05) is 81.4 Å². The van der Waals surface area contributed by atoms with Crippen molar-refractivity contribution in [1.82, 2.24) is 5.32 Å². The Balaban J connectivity index is 1.75. The molecule has 0 aliphatic carbocycles. The first-order chi connectivity index (χ1) is 13.3. The van der Waals surface area contributed by atoms with Crippen molar-refractivity contribution in [2.75, 3.05) is 13.2 Å². The van der Waals surface area contributed by atoms with Gasteiger partial charge in [0.05, 0.1) is 12.0 Å². The number of carbonyl (C=O) groups is 1. The molecule has 1 unspecified atom stereocenters. The first-order valence-electron chi connectivity index (χ1n) is 10.3. The van der Waals surface area contributed by atoms with Crippen LogP contribution < -0.4 is 5.32 Å². The van der Waals surface area contributed by atoms with E-state index in [1.54, 1.807) is 0 Å². The zero-order valence-corrected chi connectivity index (χ0v) is 17.8. The summed E-state index contributed by atoms with van der Waals surface area (Å²) in [4.78, 5) is 12.1. The minimum Gasteiger partial charge on any atom is -0.375 e. The highest BCUT2D eigenvalue weighted by Crippen LogP contribution is 2.28. The van der Waals surface area contributed by atoms with Gasteiger partial charge in [0, 0.05) is 13.2 Å². The lowest BCUT2D eigenvalue weighted by Crippen LogP contribution is -2.36. The molecular formula is C25H35NO2. The Hall–Kier alpha value is -2.13. The lowest BCUT2D eigenvalue weighted by atomic mass is 9.82. The molecule has 1 N–H and O–H groups in total. The summed E-state index contributed by atoms with van der Waals surface area (Å²) in [6.07, 6.45) is 3.13. The van der Waals surface area contributed by atoms with Crippen molar-refractivity contribution >= 4 is 5.91 Å². The van der Waals surface area contributed by atoms with Crippen LogP contribution in [0, 0.1) is 0 Å². The Bertz CT molecular complexity index is 712. The molecule has 2 aromatic carbocycles. The van der Waals surface area contributed by atoms with Crippen molar-refractivity contribution in [3.63, 3.8) is 0 Å². The van der Waals surface area contributed by atoms with Gasteiger partial charge in [0.1, 0.15) is 0 Å². The highest BCUT2D eigenvalue weighted by molar-refractivity contribution is 5.78. The molecule has 2 rings (SSSR count). The predicted octanol–water partition coefficient (Wildman–Crippen LogP) is 5.29. The Morgan fingerprint density at radius 3 is 2.14 bits per heavy atom. The molecule has 3 nitrogen and oxygen atoms in total. The molecule has 152 valence electrons. The van der Waals surface area contributed by atoms with Crippen molar-refractivity contribution < 1.29 is 9.53 Å². The summed E-state index contributed by atoms with van der Waals surface area (Å²) in [5.41, 5.74) is 2.25. The summed E-state index contributed by atoms with van der Waals surface area (Å²) < 4.78 is 6.28. The molecule has 0 fully saturated rings. The van der Waals surface area contributed by atoms with Crippen LogP contribution in [0.3, 0.4) is 0 Å². The van der Waals surface area contributed by atoms with Gasteiger partial charge in [0.2, 0.25) is 5.91 Å². The summed E-state index contributed by atoms with van der Waals surface area (Å²) in [6.45, 7) is 10.2. The smallest absolute Gasteiger partial charge is 0.224 e. The molecule has 0 spiro atoms. The maximum atomic E-state index is 12.1. The zero-order chi connectivity index (χ0) is 20.5. The Labute approximate surface area is 170 Å². The van der Waals surface area contributed by atoms with Crippen LogP contribution in [0.15, 0.2) is 60.7 Å². The van der Waals surface area contributed by atoms with E-state index in [9.17, 15) is 4.79 Å². The normalized spacial score (nSPS) is 13.7. The van der Waals surface area contributed by atoms with Crippen LogP contribution in [0.5, 0.6) is 0 Å². The number of amides is 1. The number of benzene rings is 2. The van der Waals surface area contributed by atoms with Gasteiger partial charge in [-0.2, -0.15) is 0 Å². The SMILES string of the molecule is CCC(C)(CCNC(=O)Cc1ccccc1)OCCC(C)(C)c1ccccc1. The van der Waals surface area contributed by atoms with Gasteiger partial charge in [-0.3, -0.25) is 4.79 Å². The maximum Gasteiger partial charge on any atom is 0.224 e. The number of hydrogen-bond acceptors (Lipinski definition) is 2. The Morgan fingerprint density at radius 2 is 1.54 bits per heavy atom. The molecule has 0 saturated carbocycles. The van der Waals surface area contributed by atoms with Crippen molar-refractivity contribution in [1.29, 1.82) is 0 Å². The Kier molecular flexibility index (Phi) is 8.25. The van der Waals surface area contributed by atoms with Gasteiger partial charge in [0.25, 0.3) is 0 Å². The molecule has 0 bridgehead atoms. The molecule has 0 aromatic heterocycles. The van der Waals surface area contributed by atoms with E-state index in [4.69, 9.17) is 4.74 Å². The molecule has 0 radical (unpaired) electrons. The first-order valence-corrected chi connectivity index (χ1v) is 10.3. The number of nitrogens with one attached hydrogen (secondary N) is 1. The van der Waals surface area contributed by atoms with Gasteiger partial charge < -0.3 is 10.1 Å². The summed E-state index contributed by atoms with van der Waals surface area (Å²) >= 11 is 0. The average Bonchev–Trinajstić information content (AvgIpc) is 2.69. The minimum atomic E-state index is -0.215. The van der Waals surface area contributed by atoms with Crippen molar-refractivity contribution in [2.45, 2.75) is 64.4 Å². The van der Waals surface area contributed by atoms with E-state index in [2.05, 4.69) is 63.3 Å². The monoisotopic (exact) mass is 381 g/mol. The number of hydrogen-bond donors (Lipinski definition) is 1. The average molecular weight is 382 g/mol. The molecule has 1 atom stereocenters. The fraction of sp³-hybridized carbons (Fsp3) is 0.480. The van der Waals surface area contributed by atoms with Crippen LogP contribution >= 0.6 is 0 Å². The fourth-order valence-corrected chi connectivity index (χ4v) is 3.25. The van der Waals surface area contributed by atoms with E-state index in [0.717, 1.165) is 24.8 Å². The molecule has 0 aliphatic heterocycles. The van der Waals surface area contributed by atoms with Gasteiger partial charge >= 0.3 is 0 Å². The summed E-state index contributed by atoms with van der Waals surface area (Å²) in [5.74, 6) is 0.0647. The lowest BCUT2D eigenvalue weighted by molar-refractivity contribution is -0.120. The number of carbonyl (C=O) groups excluding carboxylic acids is 1. The van der Waals surface area contributed by atoms with Gasteiger partial charge in [-0.15, -0.1) is 0 Å². The molecule has 0 saturated heterocycles. The van der Waals surface area contributed by atoms with E-state index in [-0.39, 0.29) is 16.9 Å². The second-order valence-corrected chi connectivity index (χ2v) is 8.41. The van der Waals surface area contributed by atoms with Crippen LogP contribution in [-0.2, 0) is 21.4 Å². The van der Waals surface area contributed by atoms with Gasteiger partial charge in [-0.05, 0) is 42.7 Å². The Morgan fingerprint density at radius 1 is 0.929 bits per heavy atom. The lowest BCUT2D eigenvalue weighted by Gasteiger charge is -2.32. The van der Waals surface area contributed by atoms with Crippen LogP contribution in [-0.4, -0.2) is 24.7 Å². The van der Waals surface area contributed by atoms with E-state index >= 15 is 0 Å². The van der Waals surface area contributed by atoms with E-state index < -0.39 is 0 Å². The molecule has 1 amide bonds. The molecular weight excluding hydrogens is 346 g/mol. The zero-order valence-electron chi connectivity index (χ0n) is 17.8. The molecule has 2 aromatic rings. The third kappa shape index (κ3) is 7.12. The minimum absolute atomic E-state index is 0.0647. The highest BCUT2D eigenvalue weighted by atomic mass is 16.5. The van der Waals surface area contributed by atoms with Gasteiger partial charge in [-0.25, -0.2) is 0 Å². The number of ether oxygens (including phenoxy) is 1. The predicted molar refractivity (Wildman–Crippen MR) is 117 cm³/mol. The molecule has 0 aliphatic rings. The van der Waals surface area contributed by atoms with Crippen LogP contribution in [0.4, 0.5) is 0 Å². The van der Waals surface area contributed by atoms with Crippen molar-refractivity contribution in [2.24, 2.45) is 0 Å². The molecule has 0 heterocycles. The summed E-state index contributed by atoms with van der Waals surface area (Å²) in [5, 5.41) is 3.03. The van der Waals surface area contributed by atoms with Crippen LogP contribution in [0.25, 0.3) is 0 Å². The molecule has 28 heavy (non-hydrogen) atoms. The second-order valence-electron chi connectivity index (χ2n) is 8.41. The third-order valence-corrected chi connectivity index (χ3v) is 5.66. The topological polar surface area (TPSA) is 38.3 Å². The third-order valence-electron chi connectivity index (χ3n) is 5.66. The van der Waals surface area contributed by atoms with E-state index in [1.807, 2.05) is 30.3 Å². The summed E-state index contributed by atoms with van der Waals surface area (Å²) in [7, 11) is 0. The summed E-state index contributed by atoms with van der Waals surface area (Å²) in [6, 6.07) is 20.4. The fourth-order valence-electron chi connectivity index (χ4n) is 3.25. The second kappa shape index (κ2) is 10.4. The largest absolute Gasteiger partial charge is 0.375 e. The van der Waals surface area contributed by atoms with E-state index in [0.29, 0.717) is 19.6 Å². The highest BCUT2D eigenvalue weighted by Gasteiger charge is 2.25. The van der Waals surface area contributed by atoms with E-state index in [1.165, 1.54) is 5.56 Å². The van der Waals surface area contributed by atoms with Gasteiger partial charge in [0.15, 0.2) is 0 Å². The van der Waals surface area contributed by atoms with Crippen molar-refractivity contribution in [3.8, 4) is 0 Å². The van der Waals surface area contributed by atoms with Crippen LogP contribution in [0.2, 0.25) is 0 Å².